The highest BCUT2D eigenvalue weighted by atomic mass is 32.1. The van der Waals surface area contributed by atoms with Crippen molar-refractivity contribution in [3.8, 4) is 0 Å². The lowest BCUT2D eigenvalue weighted by Gasteiger charge is -2.13. The van der Waals surface area contributed by atoms with Gasteiger partial charge in [-0.3, -0.25) is 18.7 Å². The van der Waals surface area contributed by atoms with Gasteiger partial charge >= 0.3 is 5.69 Å². The highest BCUT2D eigenvalue weighted by Crippen LogP contribution is 2.17. The Balaban J connectivity index is 1.72. The second kappa shape index (κ2) is 8.23. The Morgan fingerprint density at radius 3 is 2.45 bits per heavy atom. The largest absolute Gasteiger partial charge is 0.332 e. The number of fused-ring (bicyclic) bond motifs is 1. The van der Waals surface area contributed by atoms with Gasteiger partial charge in [-0.25, -0.2) is 18.0 Å². The van der Waals surface area contributed by atoms with Crippen LogP contribution in [0.1, 0.15) is 5.56 Å². The molecule has 0 radical (unpaired) electrons. The fraction of sp³-hybridized carbons (Fsp3) is 0.0952. The average molecular weight is 445 g/mol. The second-order valence-electron chi connectivity index (χ2n) is 6.66. The van der Waals surface area contributed by atoms with Crippen LogP contribution >= 0.6 is 11.3 Å². The van der Waals surface area contributed by atoms with Crippen molar-refractivity contribution >= 4 is 33.1 Å². The normalized spacial score (nSPS) is 11.1. The van der Waals surface area contributed by atoms with Gasteiger partial charge in [0.25, 0.3) is 5.56 Å². The van der Waals surface area contributed by atoms with Gasteiger partial charge in [-0.15, -0.1) is 11.3 Å². The standard InChI is InChI=1S/C21H14F3N3O3S/c22-14-4-2-1-3-12(14)10-27-20(29)19-17(7-8-31-19)26(21(27)30)11-18(28)25-13-5-6-15(23)16(24)9-13/h1-9H,10-11H2,(H,25,28). The predicted molar refractivity (Wildman–Crippen MR) is 111 cm³/mol. The highest BCUT2D eigenvalue weighted by Gasteiger charge is 2.18. The molecule has 2 heterocycles. The van der Waals surface area contributed by atoms with Crippen molar-refractivity contribution < 1.29 is 18.0 Å². The summed E-state index contributed by atoms with van der Waals surface area (Å²) in [6.45, 7) is -0.786. The third kappa shape index (κ3) is 4.02. The fourth-order valence-electron chi connectivity index (χ4n) is 3.14. The van der Waals surface area contributed by atoms with E-state index < -0.39 is 41.2 Å². The lowest BCUT2D eigenvalue weighted by atomic mass is 10.2. The van der Waals surface area contributed by atoms with Crippen molar-refractivity contribution in [2.45, 2.75) is 13.1 Å². The molecular formula is C21H14F3N3O3S. The summed E-state index contributed by atoms with van der Waals surface area (Å²) in [7, 11) is 0. The van der Waals surface area contributed by atoms with Crippen LogP contribution in [0.3, 0.4) is 0 Å². The Morgan fingerprint density at radius 2 is 1.71 bits per heavy atom. The van der Waals surface area contributed by atoms with Crippen LogP contribution in [0.4, 0.5) is 18.9 Å². The maximum Gasteiger partial charge on any atom is 0.332 e. The van der Waals surface area contributed by atoms with E-state index in [1.807, 2.05) is 0 Å². The molecule has 0 unspecified atom stereocenters. The first kappa shape index (κ1) is 20.6. The van der Waals surface area contributed by atoms with Gasteiger partial charge in [-0.05, 0) is 29.6 Å². The number of aromatic nitrogens is 2. The monoisotopic (exact) mass is 445 g/mol. The van der Waals surface area contributed by atoms with E-state index >= 15 is 0 Å². The minimum absolute atomic E-state index is 0.0122. The van der Waals surface area contributed by atoms with Gasteiger partial charge < -0.3 is 5.32 Å². The number of rotatable bonds is 5. The fourth-order valence-corrected chi connectivity index (χ4v) is 3.98. The lowest BCUT2D eigenvalue weighted by Crippen LogP contribution is -2.41. The Labute approximate surface area is 176 Å². The zero-order valence-corrected chi connectivity index (χ0v) is 16.6. The number of carbonyl (C=O) groups excluding carboxylic acids is 1. The average Bonchev–Trinajstić information content (AvgIpc) is 3.22. The smallest absolute Gasteiger partial charge is 0.324 e. The SMILES string of the molecule is O=C(Cn1c(=O)n(Cc2ccccc2F)c(=O)c2sccc21)Nc1ccc(F)c(F)c1. The van der Waals surface area contributed by atoms with Gasteiger partial charge in [0.15, 0.2) is 11.6 Å². The highest BCUT2D eigenvalue weighted by molar-refractivity contribution is 7.17. The number of benzene rings is 2. The Bertz CT molecular complexity index is 1420. The van der Waals surface area contributed by atoms with Gasteiger partial charge in [0, 0.05) is 17.3 Å². The van der Waals surface area contributed by atoms with Crippen LogP contribution in [0.15, 0.2) is 63.5 Å². The summed E-state index contributed by atoms with van der Waals surface area (Å²) in [4.78, 5) is 38.3. The Morgan fingerprint density at radius 1 is 0.935 bits per heavy atom. The predicted octanol–water partition coefficient (Wildman–Crippen LogP) is 3.33. The van der Waals surface area contributed by atoms with Crippen LogP contribution in [0.2, 0.25) is 0 Å². The summed E-state index contributed by atoms with van der Waals surface area (Å²) in [5.41, 5.74) is -0.964. The number of carbonyl (C=O) groups is 1. The van der Waals surface area contributed by atoms with E-state index in [-0.39, 0.29) is 28.0 Å². The van der Waals surface area contributed by atoms with Crippen molar-refractivity contribution in [1.29, 1.82) is 0 Å². The van der Waals surface area contributed by atoms with Crippen LogP contribution < -0.4 is 16.6 Å². The van der Waals surface area contributed by atoms with E-state index in [0.717, 1.165) is 32.6 Å². The molecule has 4 rings (SSSR count). The summed E-state index contributed by atoms with van der Waals surface area (Å²) in [6, 6.07) is 10.1. The van der Waals surface area contributed by atoms with Crippen LogP contribution in [0, 0.1) is 17.5 Å². The van der Waals surface area contributed by atoms with Crippen LogP contribution in [-0.2, 0) is 17.9 Å². The van der Waals surface area contributed by atoms with Crippen LogP contribution in [0.25, 0.3) is 10.2 Å². The second-order valence-corrected chi connectivity index (χ2v) is 7.58. The molecule has 31 heavy (non-hydrogen) atoms. The summed E-state index contributed by atoms with van der Waals surface area (Å²) in [6.07, 6.45) is 0. The molecule has 6 nitrogen and oxygen atoms in total. The number of halogens is 3. The van der Waals surface area contributed by atoms with Gasteiger partial charge in [0.2, 0.25) is 5.91 Å². The molecule has 0 bridgehead atoms. The molecule has 0 aliphatic carbocycles. The minimum Gasteiger partial charge on any atom is -0.324 e. The molecule has 0 saturated carbocycles. The maximum absolute atomic E-state index is 14.1. The number of thiophene rings is 1. The molecule has 1 N–H and O–H groups in total. The zero-order valence-electron chi connectivity index (χ0n) is 15.8. The molecule has 158 valence electrons. The number of anilines is 1. The van der Waals surface area contributed by atoms with E-state index in [9.17, 15) is 27.6 Å². The number of hydrogen-bond acceptors (Lipinski definition) is 4. The number of amides is 1. The Hall–Kier alpha value is -3.66. The summed E-state index contributed by atoms with van der Waals surface area (Å²) >= 11 is 1.09. The third-order valence-corrected chi connectivity index (χ3v) is 5.52. The summed E-state index contributed by atoms with van der Waals surface area (Å²) in [5, 5.41) is 3.99. The summed E-state index contributed by atoms with van der Waals surface area (Å²) < 4.78 is 42.7. The van der Waals surface area contributed by atoms with Gasteiger partial charge in [-0.1, -0.05) is 18.2 Å². The van der Waals surface area contributed by atoms with Crippen molar-refractivity contribution in [1.82, 2.24) is 9.13 Å². The quantitative estimate of drug-likeness (QED) is 0.512. The van der Waals surface area contributed by atoms with Crippen molar-refractivity contribution in [2.75, 3.05) is 5.32 Å². The van der Waals surface area contributed by atoms with Crippen molar-refractivity contribution in [3.05, 3.63) is 97.8 Å². The topological polar surface area (TPSA) is 73.1 Å². The zero-order chi connectivity index (χ0) is 22.1. The maximum atomic E-state index is 14.1. The Kier molecular flexibility index (Phi) is 5.47. The van der Waals surface area contributed by atoms with Crippen molar-refractivity contribution in [3.63, 3.8) is 0 Å². The van der Waals surface area contributed by atoms with Gasteiger partial charge in [-0.2, -0.15) is 0 Å². The molecule has 0 saturated heterocycles. The van der Waals surface area contributed by atoms with E-state index in [4.69, 9.17) is 0 Å². The first-order valence-electron chi connectivity index (χ1n) is 9.04. The molecule has 4 aromatic rings. The number of nitrogens with zero attached hydrogens (tertiary/aromatic N) is 2. The summed E-state index contributed by atoms with van der Waals surface area (Å²) in [5.74, 6) is -3.44. The molecule has 0 spiro atoms. The van der Waals surface area contributed by atoms with Crippen LogP contribution in [-0.4, -0.2) is 15.0 Å². The third-order valence-electron chi connectivity index (χ3n) is 4.63. The number of nitrogens with one attached hydrogen (secondary N) is 1. The van der Waals surface area contributed by atoms with E-state index in [1.54, 1.807) is 11.4 Å². The molecule has 0 aliphatic rings. The minimum atomic E-state index is -1.13. The van der Waals surface area contributed by atoms with Crippen LogP contribution in [0.5, 0.6) is 0 Å². The molecule has 0 fully saturated rings. The molecular weight excluding hydrogens is 431 g/mol. The molecule has 1 amide bonds. The lowest BCUT2D eigenvalue weighted by molar-refractivity contribution is -0.116. The molecule has 2 aromatic heterocycles. The first-order valence-corrected chi connectivity index (χ1v) is 9.92. The first-order chi connectivity index (χ1) is 14.8. The number of hydrogen-bond donors (Lipinski definition) is 1. The van der Waals surface area contributed by atoms with Gasteiger partial charge in [0.05, 0.1) is 12.1 Å². The van der Waals surface area contributed by atoms with E-state index in [0.29, 0.717) is 0 Å². The van der Waals surface area contributed by atoms with Gasteiger partial charge in [0.1, 0.15) is 17.1 Å². The molecule has 0 atom stereocenters. The van der Waals surface area contributed by atoms with E-state index in [2.05, 4.69) is 5.32 Å². The molecule has 2 aromatic carbocycles. The molecule has 0 aliphatic heterocycles. The van der Waals surface area contributed by atoms with Crippen molar-refractivity contribution in [2.24, 2.45) is 0 Å². The molecule has 10 heteroatoms. The van der Waals surface area contributed by atoms with E-state index in [1.165, 1.54) is 30.3 Å².